The number of ether oxygens (including phenoxy) is 3. The highest BCUT2D eigenvalue weighted by atomic mass is 16.6. The summed E-state index contributed by atoms with van der Waals surface area (Å²) in [7, 11) is 0. The van der Waals surface area contributed by atoms with E-state index in [1.54, 1.807) is 18.3 Å². The van der Waals surface area contributed by atoms with Gasteiger partial charge in [-0.25, -0.2) is 4.98 Å². The van der Waals surface area contributed by atoms with Crippen molar-refractivity contribution in [3.63, 3.8) is 0 Å². The Morgan fingerprint density at radius 1 is 1.00 bits per heavy atom. The Morgan fingerprint density at radius 3 is 2.59 bits per heavy atom. The fraction of sp³-hybridized carbons (Fsp3) is 0.217. The quantitative estimate of drug-likeness (QED) is 0.670. The molecule has 3 aromatic rings. The average molecular weight is 390 g/mol. The average Bonchev–Trinajstić information content (AvgIpc) is 2.78. The van der Waals surface area contributed by atoms with Gasteiger partial charge in [0.1, 0.15) is 13.2 Å². The normalized spacial score (nSPS) is 13.4. The van der Waals surface area contributed by atoms with Crippen LogP contribution in [0.15, 0.2) is 72.9 Å². The van der Waals surface area contributed by atoms with Crippen molar-refractivity contribution in [3.8, 4) is 17.4 Å². The number of aromatic nitrogens is 1. The Balaban J connectivity index is 1.49. The van der Waals surface area contributed by atoms with Gasteiger partial charge in [0.05, 0.1) is 6.04 Å². The molecule has 1 aliphatic heterocycles. The topological polar surface area (TPSA) is 69.7 Å². The Morgan fingerprint density at radius 2 is 1.79 bits per heavy atom. The van der Waals surface area contributed by atoms with E-state index in [4.69, 9.17) is 14.2 Å². The van der Waals surface area contributed by atoms with Crippen LogP contribution in [-0.4, -0.2) is 30.7 Å². The van der Waals surface area contributed by atoms with Crippen molar-refractivity contribution in [2.75, 3.05) is 19.8 Å². The Bertz CT molecular complexity index is 948. The van der Waals surface area contributed by atoms with Gasteiger partial charge in [0.15, 0.2) is 18.1 Å². The second kappa shape index (κ2) is 9.10. The van der Waals surface area contributed by atoms with Crippen molar-refractivity contribution >= 4 is 5.91 Å². The van der Waals surface area contributed by atoms with Crippen molar-refractivity contribution in [2.24, 2.45) is 0 Å². The smallest absolute Gasteiger partial charge is 0.258 e. The van der Waals surface area contributed by atoms with Crippen LogP contribution in [0.4, 0.5) is 0 Å². The van der Waals surface area contributed by atoms with Gasteiger partial charge in [0.2, 0.25) is 5.88 Å². The number of benzene rings is 2. The molecule has 1 aliphatic rings. The predicted octanol–water partition coefficient (Wildman–Crippen LogP) is 3.33. The summed E-state index contributed by atoms with van der Waals surface area (Å²) < 4.78 is 16.8. The van der Waals surface area contributed by atoms with E-state index in [0.717, 1.165) is 16.9 Å². The van der Waals surface area contributed by atoms with E-state index in [1.165, 1.54) is 0 Å². The lowest BCUT2D eigenvalue weighted by atomic mass is 9.98. The van der Waals surface area contributed by atoms with Crippen molar-refractivity contribution in [1.82, 2.24) is 10.3 Å². The summed E-state index contributed by atoms with van der Waals surface area (Å²) in [5.74, 6) is 1.63. The second-order valence-electron chi connectivity index (χ2n) is 6.67. The first-order valence-corrected chi connectivity index (χ1v) is 9.54. The number of hydrogen-bond acceptors (Lipinski definition) is 5. The number of pyridine rings is 1. The highest BCUT2D eigenvalue weighted by Crippen LogP contribution is 2.33. The molecular formula is C23H22N2O4. The predicted molar refractivity (Wildman–Crippen MR) is 108 cm³/mol. The molecule has 1 N–H and O–H groups in total. The van der Waals surface area contributed by atoms with E-state index >= 15 is 0 Å². The van der Waals surface area contributed by atoms with Gasteiger partial charge in [0.25, 0.3) is 5.91 Å². The van der Waals surface area contributed by atoms with Crippen molar-refractivity contribution < 1.29 is 19.0 Å². The molecular weight excluding hydrogens is 368 g/mol. The molecule has 0 saturated heterocycles. The molecule has 0 saturated carbocycles. The highest BCUT2D eigenvalue weighted by Gasteiger charge is 2.19. The number of carbonyl (C=O) groups excluding carboxylic acids is 1. The molecule has 29 heavy (non-hydrogen) atoms. The third kappa shape index (κ3) is 5.04. The Hall–Kier alpha value is -3.54. The zero-order chi connectivity index (χ0) is 19.9. The molecule has 1 atom stereocenters. The summed E-state index contributed by atoms with van der Waals surface area (Å²) in [6.07, 6.45) is 2.27. The number of nitrogens with one attached hydrogen (secondary N) is 1. The van der Waals surface area contributed by atoms with Crippen LogP contribution in [0.25, 0.3) is 0 Å². The Labute approximate surface area is 169 Å². The number of nitrogens with zero attached hydrogens (tertiary/aromatic N) is 1. The maximum absolute atomic E-state index is 12.6. The summed E-state index contributed by atoms with van der Waals surface area (Å²) >= 11 is 0. The lowest BCUT2D eigenvalue weighted by molar-refractivity contribution is -0.123. The van der Waals surface area contributed by atoms with E-state index in [-0.39, 0.29) is 18.6 Å². The molecule has 6 nitrogen and oxygen atoms in total. The van der Waals surface area contributed by atoms with Crippen LogP contribution in [-0.2, 0) is 11.2 Å². The van der Waals surface area contributed by atoms with E-state index in [2.05, 4.69) is 10.3 Å². The van der Waals surface area contributed by atoms with Gasteiger partial charge in [-0.3, -0.25) is 4.79 Å². The van der Waals surface area contributed by atoms with Crippen LogP contribution in [0.3, 0.4) is 0 Å². The summed E-state index contributed by atoms with van der Waals surface area (Å²) in [6, 6.07) is 20.9. The van der Waals surface area contributed by atoms with Crippen molar-refractivity contribution in [1.29, 1.82) is 0 Å². The summed E-state index contributed by atoms with van der Waals surface area (Å²) in [6.45, 7) is 0.957. The fourth-order valence-electron chi connectivity index (χ4n) is 3.19. The van der Waals surface area contributed by atoms with Crippen molar-refractivity contribution in [2.45, 2.75) is 12.5 Å². The largest absolute Gasteiger partial charge is 0.486 e. The van der Waals surface area contributed by atoms with Gasteiger partial charge in [-0.2, -0.15) is 0 Å². The maximum Gasteiger partial charge on any atom is 0.258 e. The molecule has 4 rings (SSSR count). The molecule has 0 bridgehead atoms. The zero-order valence-corrected chi connectivity index (χ0v) is 15.9. The molecule has 0 aliphatic carbocycles. The molecule has 1 aromatic heterocycles. The molecule has 0 unspecified atom stereocenters. The minimum atomic E-state index is -0.229. The van der Waals surface area contributed by atoms with Crippen LogP contribution >= 0.6 is 0 Å². The Kier molecular flexibility index (Phi) is 5.90. The van der Waals surface area contributed by atoms with Gasteiger partial charge in [-0.1, -0.05) is 42.5 Å². The second-order valence-corrected chi connectivity index (χ2v) is 6.67. The summed E-state index contributed by atoms with van der Waals surface area (Å²) in [4.78, 5) is 16.6. The molecule has 0 radical (unpaired) electrons. The third-order valence-electron chi connectivity index (χ3n) is 4.58. The van der Waals surface area contributed by atoms with Crippen LogP contribution in [0.5, 0.6) is 17.4 Å². The molecule has 2 aromatic carbocycles. The van der Waals surface area contributed by atoms with Gasteiger partial charge >= 0.3 is 0 Å². The number of rotatable bonds is 7. The molecule has 2 heterocycles. The highest BCUT2D eigenvalue weighted by molar-refractivity contribution is 5.78. The maximum atomic E-state index is 12.6. The third-order valence-corrected chi connectivity index (χ3v) is 4.58. The minimum Gasteiger partial charge on any atom is -0.486 e. The summed E-state index contributed by atoms with van der Waals surface area (Å²) in [5, 5.41) is 3.07. The standard InChI is InChI=1S/C23H22N2O4/c26-22(16-29-23-8-4-5-11-24-23)25-19(14-17-6-2-1-3-7-17)18-9-10-20-21(15-18)28-13-12-27-20/h1-11,15,19H,12-14,16H2,(H,25,26)/t19-/m0/s1. The van der Waals surface area contributed by atoms with Gasteiger partial charge in [0, 0.05) is 12.3 Å². The van der Waals surface area contributed by atoms with E-state index < -0.39 is 0 Å². The first-order chi connectivity index (χ1) is 14.3. The lowest BCUT2D eigenvalue weighted by Crippen LogP contribution is -2.34. The minimum absolute atomic E-state index is 0.104. The number of fused-ring (bicyclic) bond motifs is 1. The van der Waals surface area contributed by atoms with E-state index in [0.29, 0.717) is 31.3 Å². The zero-order valence-electron chi connectivity index (χ0n) is 15.9. The van der Waals surface area contributed by atoms with Gasteiger partial charge in [-0.15, -0.1) is 0 Å². The lowest BCUT2D eigenvalue weighted by Gasteiger charge is -2.23. The van der Waals surface area contributed by atoms with E-state index in [1.807, 2.05) is 54.6 Å². The van der Waals surface area contributed by atoms with Crippen LogP contribution in [0.1, 0.15) is 17.2 Å². The van der Waals surface area contributed by atoms with E-state index in [9.17, 15) is 4.79 Å². The number of carbonyl (C=O) groups is 1. The van der Waals surface area contributed by atoms with Crippen LogP contribution in [0, 0.1) is 0 Å². The van der Waals surface area contributed by atoms with Crippen molar-refractivity contribution in [3.05, 3.63) is 84.1 Å². The molecule has 0 spiro atoms. The molecule has 0 fully saturated rings. The van der Waals surface area contributed by atoms with Gasteiger partial charge in [-0.05, 0) is 35.7 Å². The monoisotopic (exact) mass is 390 g/mol. The first kappa shape index (κ1) is 18.8. The number of amides is 1. The molecule has 1 amide bonds. The van der Waals surface area contributed by atoms with Gasteiger partial charge < -0.3 is 19.5 Å². The molecule has 148 valence electrons. The van der Waals surface area contributed by atoms with Crippen LogP contribution in [0.2, 0.25) is 0 Å². The fourth-order valence-corrected chi connectivity index (χ4v) is 3.19. The SMILES string of the molecule is O=C(COc1ccccn1)N[C@@H](Cc1ccccc1)c1ccc2c(c1)OCCO2. The summed E-state index contributed by atoms with van der Waals surface area (Å²) in [5.41, 5.74) is 2.07. The number of hydrogen-bond donors (Lipinski definition) is 1. The molecule has 6 heteroatoms. The first-order valence-electron chi connectivity index (χ1n) is 9.54. The van der Waals surface area contributed by atoms with Crippen LogP contribution < -0.4 is 19.5 Å².